The Labute approximate surface area is 139 Å². The zero-order valence-corrected chi connectivity index (χ0v) is 14.5. The minimum atomic E-state index is -3.39. The number of nitrogens with one attached hydrogen (secondary N) is 1. The van der Waals surface area contributed by atoms with Crippen LogP contribution in [-0.2, 0) is 22.9 Å². The minimum absolute atomic E-state index is 0.348. The fourth-order valence-corrected chi connectivity index (χ4v) is 3.59. The maximum absolute atomic E-state index is 12.2. The maximum Gasteiger partial charge on any atom is 0.240 e. The summed E-state index contributed by atoms with van der Waals surface area (Å²) in [6, 6.07) is 17.4. The molecule has 0 saturated carbocycles. The van der Waals surface area contributed by atoms with E-state index in [1.165, 1.54) is 11.1 Å². The molecule has 0 spiro atoms. The van der Waals surface area contributed by atoms with Crippen LogP contribution >= 0.6 is 0 Å². The second kappa shape index (κ2) is 8.85. The van der Waals surface area contributed by atoms with Gasteiger partial charge in [-0.2, -0.15) is 0 Å². The van der Waals surface area contributed by atoms with Gasteiger partial charge in [0.25, 0.3) is 0 Å². The molecule has 0 fully saturated rings. The van der Waals surface area contributed by atoms with E-state index in [9.17, 15) is 8.42 Å². The lowest BCUT2D eigenvalue weighted by Crippen LogP contribution is -2.24. The second-order valence-electron chi connectivity index (χ2n) is 5.73. The van der Waals surface area contributed by atoms with Gasteiger partial charge in [-0.1, -0.05) is 55.8 Å². The Kier molecular flexibility index (Phi) is 6.81. The standard InChI is InChI=1S/C19H25NO2S/c1-2-8-17-12-14-19(15-13-17)23(21,22)20-16-7-6-11-18-9-4-3-5-10-18/h3-5,9-10,12-15,20H,2,6-8,11,16H2,1H3. The van der Waals surface area contributed by atoms with E-state index in [0.29, 0.717) is 11.4 Å². The van der Waals surface area contributed by atoms with Crippen molar-refractivity contribution in [3.63, 3.8) is 0 Å². The van der Waals surface area contributed by atoms with Gasteiger partial charge < -0.3 is 0 Å². The molecule has 0 amide bonds. The maximum atomic E-state index is 12.2. The van der Waals surface area contributed by atoms with Crippen molar-refractivity contribution in [2.24, 2.45) is 0 Å². The van der Waals surface area contributed by atoms with E-state index in [4.69, 9.17) is 0 Å². The predicted molar refractivity (Wildman–Crippen MR) is 95.0 cm³/mol. The van der Waals surface area contributed by atoms with Gasteiger partial charge in [-0.15, -0.1) is 0 Å². The van der Waals surface area contributed by atoms with Gasteiger partial charge in [0, 0.05) is 6.54 Å². The van der Waals surface area contributed by atoms with Crippen molar-refractivity contribution in [2.75, 3.05) is 6.54 Å². The minimum Gasteiger partial charge on any atom is -0.211 e. The normalized spacial score (nSPS) is 11.5. The third kappa shape index (κ3) is 5.81. The molecule has 0 unspecified atom stereocenters. The molecule has 0 atom stereocenters. The Bertz CT molecular complexity index is 679. The molecule has 2 rings (SSSR count). The zero-order chi connectivity index (χ0) is 16.5. The molecule has 23 heavy (non-hydrogen) atoms. The molecule has 0 aliphatic rings. The Morgan fingerprint density at radius 2 is 1.48 bits per heavy atom. The van der Waals surface area contributed by atoms with Gasteiger partial charge >= 0.3 is 0 Å². The fraction of sp³-hybridized carbons (Fsp3) is 0.368. The van der Waals surface area contributed by atoms with E-state index in [2.05, 4.69) is 23.8 Å². The van der Waals surface area contributed by atoms with Crippen molar-refractivity contribution < 1.29 is 8.42 Å². The van der Waals surface area contributed by atoms with Gasteiger partial charge in [-0.25, -0.2) is 13.1 Å². The summed E-state index contributed by atoms with van der Waals surface area (Å²) in [5, 5.41) is 0. The molecule has 0 bridgehead atoms. The Balaban J connectivity index is 1.77. The number of hydrogen-bond donors (Lipinski definition) is 1. The molecule has 4 heteroatoms. The van der Waals surface area contributed by atoms with Crippen LogP contribution in [0.25, 0.3) is 0 Å². The van der Waals surface area contributed by atoms with Crippen molar-refractivity contribution in [3.05, 3.63) is 65.7 Å². The third-order valence-corrected chi connectivity index (χ3v) is 5.28. The van der Waals surface area contributed by atoms with E-state index in [1.54, 1.807) is 12.1 Å². The van der Waals surface area contributed by atoms with Gasteiger partial charge in [-0.05, 0) is 48.9 Å². The van der Waals surface area contributed by atoms with Gasteiger partial charge in [0.1, 0.15) is 0 Å². The molecule has 0 radical (unpaired) electrons. The SMILES string of the molecule is CCCc1ccc(S(=O)(=O)NCCCCc2ccccc2)cc1. The highest BCUT2D eigenvalue weighted by atomic mass is 32.2. The summed E-state index contributed by atoms with van der Waals surface area (Å²) < 4.78 is 27.1. The average molecular weight is 331 g/mol. The molecule has 0 heterocycles. The highest BCUT2D eigenvalue weighted by Gasteiger charge is 2.12. The van der Waals surface area contributed by atoms with Crippen molar-refractivity contribution in [3.8, 4) is 0 Å². The average Bonchev–Trinajstić information content (AvgIpc) is 2.56. The number of unbranched alkanes of at least 4 members (excludes halogenated alkanes) is 1. The summed E-state index contributed by atoms with van der Waals surface area (Å²) in [6.07, 6.45) is 4.83. The highest BCUT2D eigenvalue weighted by molar-refractivity contribution is 7.89. The monoisotopic (exact) mass is 331 g/mol. The molecule has 2 aromatic rings. The van der Waals surface area contributed by atoms with Crippen molar-refractivity contribution in [2.45, 2.75) is 43.9 Å². The van der Waals surface area contributed by atoms with E-state index in [-0.39, 0.29) is 0 Å². The molecule has 1 N–H and O–H groups in total. The van der Waals surface area contributed by atoms with Gasteiger partial charge in [0.05, 0.1) is 4.90 Å². The number of aryl methyl sites for hydroxylation is 2. The molecule has 0 aromatic heterocycles. The summed E-state index contributed by atoms with van der Waals surface area (Å²) in [7, 11) is -3.39. The van der Waals surface area contributed by atoms with Crippen LogP contribution in [0.5, 0.6) is 0 Å². The van der Waals surface area contributed by atoms with E-state index in [0.717, 1.165) is 32.1 Å². The Morgan fingerprint density at radius 3 is 2.13 bits per heavy atom. The molecule has 0 aliphatic carbocycles. The topological polar surface area (TPSA) is 46.2 Å². The molecule has 0 aliphatic heterocycles. The molecular weight excluding hydrogens is 306 g/mol. The van der Waals surface area contributed by atoms with Crippen LogP contribution in [0.2, 0.25) is 0 Å². The predicted octanol–water partition coefficient (Wildman–Crippen LogP) is 3.94. The van der Waals surface area contributed by atoms with E-state index >= 15 is 0 Å². The molecule has 124 valence electrons. The Morgan fingerprint density at radius 1 is 0.826 bits per heavy atom. The summed E-state index contributed by atoms with van der Waals surface area (Å²) in [6.45, 7) is 2.59. The summed E-state index contributed by atoms with van der Waals surface area (Å²) in [4.78, 5) is 0.348. The quantitative estimate of drug-likeness (QED) is 0.707. The molecule has 2 aromatic carbocycles. The first kappa shape index (κ1) is 17.7. The van der Waals surface area contributed by atoms with Crippen molar-refractivity contribution >= 4 is 10.0 Å². The van der Waals surface area contributed by atoms with E-state index in [1.807, 2.05) is 30.3 Å². The van der Waals surface area contributed by atoms with Crippen molar-refractivity contribution in [1.82, 2.24) is 4.72 Å². The summed E-state index contributed by atoms with van der Waals surface area (Å²) in [5.74, 6) is 0. The van der Waals surface area contributed by atoms with Crippen LogP contribution in [0, 0.1) is 0 Å². The lowest BCUT2D eigenvalue weighted by atomic mass is 10.1. The van der Waals surface area contributed by atoms with Gasteiger partial charge in [0.15, 0.2) is 0 Å². The molecule has 3 nitrogen and oxygen atoms in total. The van der Waals surface area contributed by atoms with Crippen LogP contribution in [0.1, 0.15) is 37.3 Å². The number of benzene rings is 2. The van der Waals surface area contributed by atoms with Crippen molar-refractivity contribution in [1.29, 1.82) is 0 Å². The molecular formula is C19H25NO2S. The lowest BCUT2D eigenvalue weighted by Gasteiger charge is -2.08. The number of sulfonamides is 1. The summed E-state index contributed by atoms with van der Waals surface area (Å²) in [5.41, 5.74) is 2.47. The van der Waals surface area contributed by atoms with E-state index < -0.39 is 10.0 Å². The smallest absolute Gasteiger partial charge is 0.211 e. The first-order chi connectivity index (χ1) is 11.1. The number of rotatable bonds is 9. The van der Waals surface area contributed by atoms with Crippen LogP contribution < -0.4 is 4.72 Å². The third-order valence-electron chi connectivity index (χ3n) is 3.80. The van der Waals surface area contributed by atoms with Crippen LogP contribution in [0.4, 0.5) is 0 Å². The zero-order valence-electron chi connectivity index (χ0n) is 13.7. The van der Waals surface area contributed by atoms with Crippen LogP contribution in [0.15, 0.2) is 59.5 Å². The summed E-state index contributed by atoms with van der Waals surface area (Å²) >= 11 is 0. The van der Waals surface area contributed by atoms with Crippen LogP contribution in [-0.4, -0.2) is 15.0 Å². The lowest BCUT2D eigenvalue weighted by molar-refractivity contribution is 0.576. The van der Waals surface area contributed by atoms with Gasteiger partial charge in [0.2, 0.25) is 10.0 Å². The second-order valence-corrected chi connectivity index (χ2v) is 7.50. The first-order valence-electron chi connectivity index (χ1n) is 8.24. The Hall–Kier alpha value is -1.65. The fourth-order valence-electron chi connectivity index (χ4n) is 2.51. The van der Waals surface area contributed by atoms with Crippen LogP contribution in [0.3, 0.4) is 0 Å². The van der Waals surface area contributed by atoms with Gasteiger partial charge in [-0.3, -0.25) is 0 Å². The largest absolute Gasteiger partial charge is 0.240 e. The molecule has 0 saturated heterocycles. The first-order valence-corrected chi connectivity index (χ1v) is 9.72. The number of hydrogen-bond acceptors (Lipinski definition) is 2. The highest BCUT2D eigenvalue weighted by Crippen LogP contribution is 2.12.